The normalized spacial score (nSPS) is 15.4. The maximum absolute atomic E-state index is 15.3. The summed E-state index contributed by atoms with van der Waals surface area (Å²) in [5.41, 5.74) is 11.0. The fourth-order valence-corrected chi connectivity index (χ4v) is 5.17. The number of fused-ring (bicyclic) bond motifs is 1. The Morgan fingerprint density at radius 2 is 1.61 bits per heavy atom. The molecule has 3 aromatic rings. The first-order chi connectivity index (χ1) is 14.7. The molecule has 0 saturated heterocycles. The maximum Gasteiger partial charge on any atom is 0.462 e. The molecule has 0 spiro atoms. The van der Waals surface area contributed by atoms with Gasteiger partial charge in [0.2, 0.25) is 0 Å². The van der Waals surface area contributed by atoms with Crippen LogP contribution in [0.25, 0.3) is 28.1 Å². The summed E-state index contributed by atoms with van der Waals surface area (Å²) in [6.45, 7) is 14.3. The van der Waals surface area contributed by atoms with Crippen molar-refractivity contribution >= 4 is 29.7 Å². The molecule has 0 saturated carbocycles. The predicted octanol–water partition coefficient (Wildman–Crippen LogP) is 7.71. The van der Waals surface area contributed by atoms with Crippen molar-refractivity contribution in [2.24, 2.45) is 4.99 Å². The molecule has 0 aliphatic carbocycles. The van der Waals surface area contributed by atoms with Gasteiger partial charge in [0, 0.05) is 33.4 Å². The van der Waals surface area contributed by atoms with Crippen molar-refractivity contribution in [2.75, 3.05) is 0 Å². The zero-order chi connectivity index (χ0) is 22.4. The first-order valence-corrected chi connectivity index (χ1v) is 11.1. The molecule has 0 bridgehead atoms. The zero-order valence-electron chi connectivity index (χ0n) is 19.6. The molecule has 0 unspecified atom stereocenters. The lowest BCUT2D eigenvalue weighted by molar-refractivity contribution is 0.800. The number of aliphatic imine (C=N–C) groups is 1. The second-order valence-electron chi connectivity index (χ2n) is 8.68. The highest BCUT2D eigenvalue weighted by molar-refractivity contribution is 6.49. The molecule has 2 nitrogen and oxygen atoms in total. The van der Waals surface area contributed by atoms with Gasteiger partial charge in [-0.05, 0) is 76.2 Å². The number of nitrogens with zero attached hydrogens (tertiary/aromatic N) is 2. The molecule has 2 heterocycles. The number of benzene rings is 2. The third-order valence-electron chi connectivity index (χ3n) is 6.42. The average Bonchev–Trinajstić information content (AvgIpc) is 3.16. The number of halogens is 1. The van der Waals surface area contributed by atoms with E-state index < -0.39 is 7.12 Å². The fraction of sp³-hybridized carbons (Fsp3) is 0.296. The van der Waals surface area contributed by atoms with Gasteiger partial charge in [-0.2, -0.15) is 0 Å². The Hall–Kier alpha value is -2.88. The number of aryl methyl sites for hydroxylation is 3. The van der Waals surface area contributed by atoms with Gasteiger partial charge in [-0.3, -0.25) is 4.99 Å². The zero-order valence-corrected chi connectivity index (χ0v) is 19.6. The first kappa shape index (κ1) is 21.4. The minimum absolute atomic E-state index is 0.878. The summed E-state index contributed by atoms with van der Waals surface area (Å²) >= 11 is 0. The van der Waals surface area contributed by atoms with Crippen LogP contribution in [-0.4, -0.2) is 17.3 Å². The maximum atomic E-state index is 15.3. The summed E-state index contributed by atoms with van der Waals surface area (Å²) in [4.78, 5) is 4.82. The van der Waals surface area contributed by atoms with Crippen LogP contribution >= 0.6 is 0 Å². The Balaban J connectivity index is 2.10. The standard InChI is InChI=1S/C27H30BFN2/c1-8-21-19(5)24(30-20(21)6)15-25-22-11-9-10-12-23(22)27(31(25)28(7)29)26-17(3)13-16(2)14-18(26)4/h9-15H,8H2,1-7H3/b24-15-. The Morgan fingerprint density at radius 1 is 1.00 bits per heavy atom. The molecule has 1 aromatic heterocycles. The quantitative estimate of drug-likeness (QED) is 0.391. The van der Waals surface area contributed by atoms with Crippen LogP contribution in [0.1, 0.15) is 49.6 Å². The van der Waals surface area contributed by atoms with Gasteiger partial charge < -0.3 is 8.79 Å². The molecule has 2 aromatic carbocycles. The summed E-state index contributed by atoms with van der Waals surface area (Å²) in [5.74, 6) is 0. The highest BCUT2D eigenvalue weighted by Crippen LogP contribution is 2.40. The SMILES string of the molecule is CCC1=C(C)/C(=C/c2c3ccccc3c(-c3c(C)cc(C)cc3C)n2B(C)F)N=C1C. The lowest BCUT2D eigenvalue weighted by Crippen LogP contribution is -2.17. The molecule has 0 N–H and O–H groups in total. The topological polar surface area (TPSA) is 17.3 Å². The largest absolute Gasteiger partial charge is 0.462 e. The molecule has 0 fully saturated rings. The summed E-state index contributed by atoms with van der Waals surface area (Å²) in [6, 6.07) is 12.6. The Kier molecular flexibility index (Phi) is 5.51. The molecule has 0 atom stereocenters. The van der Waals surface area contributed by atoms with Crippen LogP contribution in [0.2, 0.25) is 6.82 Å². The molecule has 1 aliphatic heterocycles. The van der Waals surface area contributed by atoms with Crippen molar-refractivity contribution in [1.29, 1.82) is 0 Å². The second-order valence-corrected chi connectivity index (χ2v) is 8.68. The molecule has 0 amide bonds. The van der Waals surface area contributed by atoms with Gasteiger partial charge in [-0.25, -0.2) is 0 Å². The van der Waals surface area contributed by atoms with E-state index in [4.69, 9.17) is 4.99 Å². The molecule has 0 radical (unpaired) electrons. The van der Waals surface area contributed by atoms with Crippen LogP contribution < -0.4 is 0 Å². The van der Waals surface area contributed by atoms with E-state index in [1.54, 1.807) is 6.82 Å². The van der Waals surface area contributed by atoms with Crippen LogP contribution in [0.5, 0.6) is 0 Å². The number of allylic oxidation sites excluding steroid dienone is 2. The van der Waals surface area contributed by atoms with Gasteiger partial charge in [0.05, 0.1) is 5.70 Å². The molecule has 4 heteroatoms. The third-order valence-corrected chi connectivity index (χ3v) is 6.42. The monoisotopic (exact) mass is 412 g/mol. The van der Waals surface area contributed by atoms with Gasteiger partial charge in [0.15, 0.2) is 0 Å². The van der Waals surface area contributed by atoms with E-state index in [0.29, 0.717) is 0 Å². The van der Waals surface area contributed by atoms with Crippen LogP contribution in [0.4, 0.5) is 4.32 Å². The van der Waals surface area contributed by atoms with Gasteiger partial charge in [-0.1, -0.05) is 48.9 Å². The van der Waals surface area contributed by atoms with E-state index in [1.807, 2.05) is 16.6 Å². The highest BCUT2D eigenvalue weighted by atomic mass is 19.1. The number of aromatic nitrogens is 1. The van der Waals surface area contributed by atoms with Crippen LogP contribution in [0.15, 0.2) is 58.2 Å². The van der Waals surface area contributed by atoms with Gasteiger partial charge in [-0.15, -0.1) is 0 Å². The van der Waals surface area contributed by atoms with E-state index in [9.17, 15) is 0 Å². The highest BCUT2D eigenvalue weighted by Gasteiger charge is 2.26. The first-order valence-electron chi connectivity index (χ1n) is 11.1. The van der Waals surface area contributed by atoms with Crippen molar-refractivity contribution in [3.8, 4) is 11.3 Å². The van der Waals surface area contributed by atoms with E-state index in [1.165, 1.54) is 27.8 Å². The van der Waals surface area contributed by atoms with Crippen molar-refractivity contribution in [3.05, 3.63) is 75.6 Å². The number of hydrogen-bond acceptors (Lipinski definition) is 1. The summed E-state index contributed by atoms with van der Waals surface area (Å²) in [6.07, 6.45) is 3.02. The van der Waals surface area contributed by atoms with Gasteiger partial charge >= 0.3 is 7.12 Å². The van der Waals surface area contributed by atoms with Crippen molar-refractivity contribution in [1.82, 2.24) is 4.48 Å². The van der Waals surface area contributed by atoms with Gasteiger partial charge in [0.1, 0.15) is 0 Å². The lowest BCUT2D eigenvalue weighted by atomic mass is 9.88. The molecule has 1 aliphatic rings. The minimum atomic E-state index is -1.17. The number of hydrogen-bond donors (Lipinski definition) is 0. The van der Waals surface area contributed by atoms with Crippen LogP contribution in [0.3, 0.4) is 0 Å². The number of rotatable bonds is 4. The summed E-state index contributed by atoms with van der Waals surface area (Å²) < 4.78 is 17.1. The van der Waals surface area contributed by atoms with Crippen LogP contribution in [-0.2, 0) is 0 Å². The van der Waals surface area contributed by atoms with Crippen molar-refractivity contribution in [2.45, 2.75) is 54.8 Å². The van der Waals surface area contributed by atoms with E-state index >= 15 is 4.32 Å². The van der Waals surface area contributed by atoms with E-state index in [-0.39, 0.29) is 0 Å². The third kappa shape index (κ3) is 3.48. The average molecular weight is 412 g/mol. The molecule has 158 valence electrons. The summed E-state index contributed by atoms with van der Waals surface area (Å²) in [7, 11) is -1.17. The van der Waals surface area contributed by atoms with Gasteiger partial charge in [0.25, 0.3) is 0 Å². The molecule has 31 heavy (non-hydrogen) atoms. The lowest BCUT2D eigenvalue weighted by Gasteiger charge is -2.17. The Bertz CT molecular complexity index is 1270. The molecular weight excluding hydrogens is 382 g/mol. The fourth-order valence-electron chi connectivity index (χ4n) is 5.17. The Labute approximate surface area is 185 Å². The van der Waals surface area contributed by atoms with E-state index in [2.05, 4.69) is 71.9 Å². The predicted molar refractivity (Wildman–Crippen MR) is 134 cm³/mol. The Morgan fingerprint density at radius 3 is 2.16 bits per heavy atom. The van der Waals surface area contributed by atoms with E-state index in [0.717, 1.165) is 45.6 Å². The second kappa shape index (κ2) is 7.99. The van der Waals surface area contributed by atoms with Crippen molar-refractivity contribution in [3.63, 3.8) is 0 Å². The van der Waals surface area contributed by atoms with Crippen molar-refractivity contribution < 1.29 is 4.32 Å². The minimum Gasteiger partial charge on any atom is -0.355 e. The molecule has 4 rings (SSSR count). The molecular formula is C27H30BFN2. The van der Waals surface area contributed by atoms with Crippen LogP contribution in [0, 0.1) is 20.8 Å². The summed E-state index contributed by atoms with van der Waals surface area (Å²) in [5, 5.41) is 2.13. The smallest absolute Gasteiger partial charge is 0.355 e.